The van der Waals surface area contributed by atoms with Gasteiger partial charge in [-0.1, -0.05) is 12.2 Å². The third kappa shape index (κ3) is 4.96. The lowest BCUT2D eigenvalue weighted by atomic mass is 9.82. The van der Waals surface area contributed by atoms with E-state index < -0.39 is 17.8 Å². The molecule has 0 aromatic heterocycles. The number of aliphatic carboxylic acids is 1. The maximum Gasteiger partial charge on any atom is 0.307 e. The molecular weight excluding hydrogens is 256 g/mol. The number of carboxylic acids is 1. The number of carbonyl (C=O) groups excluding carboxylic acids is 1. The van der Waals surface area contributed by atoms with E-state index >= 15 is 0 Å². The second-order valence-electron chi connectivity index (χ2n) is 5.71. The first-order valence-corrected chi connectivity index (χ1v) is 7.29. The Morgan fingerprint density at radius 3 is 2.45 bits per heavy atom. The van der Waals surface area contributed by atoms with E-state index in [1.807, 2.05) is 12.2 Å². The van der Waals surface area contributed by atoms with E-state index in [4.69, 9.17) is 5.11 Å². The van der Waals surface area contributed by atoms with Gasteiger partial charge in [0.2, 0.25) is 5.91 Å². The number of amides is 1. The van der Waals surface area contributed by atoms with Gasteiger partial charge in [0.1, 0.15) is 0 Å². The van der Waals surface area contributed by atoms with Gasteiger partial charge in [-0.05, 0) is 46.7 Å². The zero-order valence-corrected chi connectivity index (χ0v) is 12.6. The number of carboxylic acid groups (broad SMARTS) is 1. The SMILES string of the molecule is CC(C)N(C)CCCNC(=O)[C@@H]1CC=CC[C@@H]1C(=O)O. The highest BCUT2D eigenvalue weighted by Gasteiger charge is 2.33. The summed E-state index contributed by atoms with van der Waals surface area (Å²) in [7, 11) is 2.05. The molecule has 0 fully saturated rings. The largest absolute Gasteiger partial charge is 0.481 e. The molecule has 5 heteroatoms. The molecule has 2 atom stereocenters. The van der Waals surface area contributed by atoms with Gasteiger partial charge in [-0.15, -0.1) is 0 Å². The lowest BCUT2D eigenvalue weighted by Gasteiger charge is -2.25. The molecule has 0 aromatic rings. The Balaban J connectivity index is 2.35. The normalized spacial score (nSPS) is 22.2. The first-order chi connectivity index (χ1) is 9.43. The van der Waals surface area contributed by atoms with Crippen molar-refractivity contribution < 1.29 is 14.7 Å². The van der Waals surface area contributed by atoms with Gasteiger partial charge in [0.25, 0.3) is 0 Å². The Bertz CT molecular complexity index is 366. The summed E-state index contributed by atoms with van der Waals surface area (Å²) < 4.78 is 0. The van der Waals surface area contributed by atoms with Crippen molar-refractivity contribution in [3.8, 4) is 0 Å². The van der Waals surface area contributed by atoms with Gasteiger partial charge in [0.15, 0.2) is 0 Å². The van der Waals surface area contributed by atoms with Crippen LogP contribution in [0.3, 0.4) is 0 Å². The minimum absolute atomic E-state index is 0.131. The minimum Gasteiger partial charge on any atom is -0.481 e. The van der Waals surface area contributed by atoms with Crippen LogP contribution in [0.5, 0.6) is 0 Å². The van der Waals surface area contributed by atoms with E-state index in [2.05, 4.69) is 31.1 Å². The van der Waals surface area contributed by atoms with Crippen molar-refractivity contribution in [2.45, 2.75) is 39.2 Å². The van der Waals surface area contributed by atoms with Crippen LogP contribution in [0.4, 0.5) is 0 Å². The van der Waals surface area contributed by atoms with Crippen molar-refractivity contribution in [3.05, 3.63) is 12.2 Å². The van der Waals surface area contributed by atoms with E-state index in [0.717, 1.165) is 13.0 Å². The molecular formula is C15H26N2O3. The van der Waals surface area contributed by atoms with Crippen molar-refractivity contribution in [1.82, 2.24) is 10.2 Å². The minimum atomic E-state index is -0.881. The molecule has 1 aliphatic rings. The van der Waals surface area contributed by atoms with Crippen LogP contribution in [0.1, 0.15) is 33.1 Å². The number of nitrogens with zero attached hydrogens (tertiary/aromatic N) is 1. The van der Waals surface area contributed by atoms with E-state index in [9.17, 15) is 9.59 Å². The molecule has 0 aromatic carbocycles. The molecule has 0 bridgehead atoms. The molecule has 0 radical (unpaired) electrons. The van der Waals surface area contributed by atoms with E-state index in [-0.39, 0.29) is 5.91 Å². The molecule has 5 nitrogen and oxygen atoms in total. The van der Waals surface area contributed by atoms with Gasteiger partial charge in [0.05, 0.1) is 11.8 Å². The van der Waals surface area contributed by atoms with Crippen molar-refractivity contribution in [1.29, 1.82) is 0 Å². The fourth-order valence-electron chi connectivity index (χ4n) is 2.31. The summed E-state index contributed by atoms with van der Waals surface area (Å²) in [4.78, 5) is 25.4. The molecule has 0 spiro atoms. The number of rotatable bonds is 7. The first kappa shape index (κ1) is 16.7. The molecule has 0 saturated heterocycles. The Labute approximate surface area is 121 Å². The average molecular weight is 282 g/mol. The zero-order valence-electron chi connectivity index (χ0n) is 12.6. The molecule has 114 valence electrons. The summed E-state index contributed by atoms with van der Waals surface area (Å²) >= 11 is 0. The monoisotopic (exact) mass is 282 g/mol. The van der Waals surface area contributed by atoms with Crippen LogP contribution in [0.25, 0.3) is 0 Å². The molecule has 1 rings (SSSR count). The summed E-state index contributed by atoms with van der Waals surface area (Å²) in [5.74, 6) is -2.03. The lowest BCUT2D eigenvalue weighted by Crippen LogP contribution is -2.40. The molecule has 2 N–H and O–H groups in total. The fourth-order valence-corrected chi connectivity index (χ4v) is 2.31. The predicted molar refractivity (Wildman–Crippen MR) is 78.4 cm³/mol. The number of nitrogens with one attached hydrogen (secondary N) is 1. The van der Waals surface area contributed by atoms with Gasteiger partial charge in [-0.2, -0.15) is 0 Å². The topological polar surface area (TPSA) is 69.6 Å². The molecule has 1 aliphatic carbocycles. The van der Waals surface area contributed by atoms with Crippen LogP contribution in [0.2, 0.25) is 0 Å². The Morgan fingerprint density at radius 1 is 1.30 bits per heavy atom. The summed E-state index contributed by atoms with van der Waals surface area (Å²) in [6.07, 6.45) is 5.59. The highest BCUT2D eigenvalue weighted by molar-refractivity contribution is 5.85. The first-order valence-electron chi connectivity index (χ1n) is 7.29. The highest BCUT2D eigenvalue weighted by Crippen LogP contribution is 2.25. The molecule has 0 heterocycles. The van der Waals surface area contributed by atoms with Gasteiger partial charge < -0.3 is 15.3 Å². The maximum absolute atomic E-state index is 12.1. The molecule has 20 heavy (non-hydrogen) atoms. The maximum atomic E-state index is 12.1. The van der Waals surface area contributed by atoms with Crippen molar-refractivity contribution in [2.75, 3.05) is 20.1 Å². The van der Waals surface area contributed by atoms with Crippen LogP contribution in [0.15, 0.2) is 12.2 Å². The van der Waals surface area contributed by atoms with Crippen LogP contribution in [-0.2, 0) is 9.59 Å². The molecule has 0 unspecified atom stereocenters. The highest BCUT2D eigenvalue weighted by atomic mass is 16.4. The second-order valence-corrected chi connectivity index (χ2v) is 5.71. The molecule has 0 saturated carbocycles. The van der Waals surface area contributed by atoms with Crippen molar-refractivity contribution in [2.24, 2.45) is 11.8 Å². The predicted octanol–water partition coefficient (Wildman–Crippen LogP) is 1.50. The Morgan fingerprint density at radius 2 is 1.90 bits per heavy atom. The zero-order chi connectivity index (χ0) is 15.1. The number of hydrogen-bond donors (Lipinski definition) is 2. The summed E-state index contributed by atoms with van der Waals surface area (Å²) in [5, 5.41) is 12.0. The summed E-state index contributed by atoms with van der Waals surface area (Å²) in [5.41, 5.74) is 0. The smallest absolute Gasteiger partial charge is 0.307 e. The van der Waals surface area contributed by atoms with Gasteiger partial charge in [0, 0.05) is 12.6 Å². The van der Waals surface area contributed by atoms with Crippen LogP contribution in [0, 0.1) is 11.8 Å². The van der Waals surface area contributed by atoms with Gasteiger partial charge >= 0.3 is 5.97 Å². The van der Waals surface area contributed by atoms with Gasteiger partial charge in [-0.25, -0.2) is 0 Å². The number of hydrogen-bond acceptors (Lipinski definition) is 3. The summed E-state index contributed by atoms with van der Waals surface area (Å²) in [6, 6.07) is 0.491. The molecule has 0 aliphatic heterocycles. The Kier molecular flexibility index (Phi) is 6.71. The lowest BCUT2D eigenvalue weighted by molar-refractivity contribution is -0.147. The number of carbonyl (C=O) groups is 2. The van der Waals surface area contributed by atoms with E-state index in [1.54, 1.807) is 0 Å². The van der Waals surface area contributed by atoms with E-state index in [1.165, 1.54) is 0 Å². The van der Waals surface area contributed by atoms with Crippen molar-refractivity contribution in [3.63, 3.8) is 0 Å². The van der Waals surface area contributed by atoms with E-state index in [0.29, 0.717) is 25.4 Å². The van der Waals surface area contributed by atoms with Gasteiger partial charge in [-0.3, -0.25) is 9.59 Å². The second kappa shape index (κ2) is 8.04. The molecule has 1 amide bonds. The van der Waals surface area contributed by atoms with Crippen LogP contribution >= 0.6 is 0 Å². The third-order valence-electron chi connectivity index (χ3n) is 3.95. The number of allylic oxidation sites excluding steroid dienone is 2. The third-order valence-corrected chi connectivity index (χ3v) is 3.95. The van der Waals surface area contributed by atoms with Crippen LogP contribution < -0.4 is 5.32 Å². The Hall–Kier alpha value is -1.36. The quantitative estimate of drug-likeness (QED) is 0.548. The van der Waals surface area contributed by atoms with Crippen molar-refractivity contribution >= 4 is 11.9 Å². The summed E-state index contributed by atoms with van der Waals surface area (Å²) in [6.45, 7) is 5.78. The van der Waals surface area contributed by atoms with Crippen LogP contribution in [-0.4, -0.2) is 48.1 Å². The fraction of sp³-hybridized carbons (Fsp3) is 0.733. The standard InChI is InChI=1S/C15H26N2O3/c1-11(2)17(3)10-6-9-16-14(18)12-7-4-5-8-13(12)15(19)20/h4-5,11-13H,6-10H2,1-3H3,(H,16,18)(H,19,20)/t12-,13+/m1/s1. The average Bonchev–Trinajstić information content (AvgIpc) is 2.42.